The fourth-order valence-electron chi connectivity index (χ4n) is 0.716. The maximum Gasteiger partial charge on any atom is 0.361 e. The highest BCUT2D eigenvalue weighted by Gasteiger charge is 2.23. The van der Waals surface area contributed by atoms with Crippen molar-refractivity contribution in [1.29, 1.82) is 0 Å². The van der Waals surface area contributed by atoms with Gasteiger partial charge in [-0.2, -0.15) is 0 Å². The standard InChI is InChI=1S/C9H18O2Si/c1-5-6-7-8-9-12(4,10-2)11-3/h5-6,8-9H,7H2,1-4H3. The second-order valence-electron chi connectivity index (χ2n) is 2.63. The van der Waals surface area contributed by atoms with Crippen LogP contribution < -0.4 is 0 Å². The van der Waals surface area contributed by atoms with Crippen molar-refractivity contribution in [2.75, 3.05) is 14.2 Å². The van der Waals surface area contributed by atoms with Gasteiger partial charge in [-0.15, -0.1) is 0 Å². The van der Waals surface area contributed by atoms with Crippen LogP contribution in [0.25, 0.3) is 0 Å². The number of allylic oxidation sites excluding steroid dienone is 3. The average Bonchev–Trinajstić information content (AvgIpc) is 2.12. The van der Waals surface area contributed by atoms with Crippen LogP contribution in [0.3, 0.4) is 0 Å². The minimum absolute atomic E-state index is 0.950. The lowest BCUT2D eigenvalue weighted by Crippen LogP contribution is -2.33. The van der Waals surface area contributed by atoms with Crippen LogP contribution in [0.5, 0.6) is 0 Å². The molecule has 0 aromatic heterocycles. The quantitative estimate of drug-likeness (QED) is 0.485. The van der Waals surface area contributed by atoms with Crippen molar-refractivity contribution >= 4 is 8.56 Å². The van der Waals surface area contributed by atoms with E-state index in [-0.39, 0.29) is 0 Å². The molecule has 0 aromatic rings. The Balaban J connectivity index is 3.92. The molecule has 0 amide bonds. The average molecular weight is 186 g/mol. The highest BCUT2D eigenvalue weighted by atomic mass is 28.4. The third-order valence-corrected chi connectivity index (χ3v) is 4.20. The third kappa shape index (κ3) is 4.49. The molecule has 0 rings (SSSR count). The van der Waals surface area contributed by atoms with Crippen molar-refractivity contribution < 1.29 is 8.85 Å². The van der Waals surface area contributed by atoms with E-state index in [0.29, 0.717) is 0 Å². The van der Waals surface area contributed by atoms with Gasteiger partial charge in [0.2, 0.25) is 0 Å². The zero-order chi connectivity index (χ0) is 9.45. The molecule has 3 heteroatoms. The van der Waals surface area contributed by atoms with E-state index < -0.39 is 8.56 Å². The maximum atomic E-state index is 5.27. The minimum atomic E-state index is -1.96. The Labute approximate surface area is 76.1 Å². The van der Waals surface area contributed by atoms with Crippen LogP contribution in [-0.4, -0.2) is 22.8 Å². The molecular formula is C9H18O2Si. The Hall–Kier alpha value is -0.383. The topological polar surface area (TPSA) is 18.5 Å². The zero-order valence-electron chi connectivity index (χ0n) is 8.33. The summed E-state index contributed by atoms with van der Waals surface area (Å²) in [7, 11) is 1.42. The van der Waals surface area contributed by atoms with Crippen LogP contribution >= 0.6 is 0 Å². The molecule has 0 bridgehead atoms. The van der Waals surface area contributed by atoms with E-state index in [1.54, 1.807) is 14.2 Å². The summed E-state index contributed by atoms with van der Waals surface area (Å²) in [4.78, 5) is 0. The van der Waals surface area contributed by atoms with Gasteiger partial charge < -0.3 is 8.85 Å². The van der Waals surface area contributed by atoms with Crippen molar-refractivity contribution in [3.63, 3.8) is 0 Å². The molecule has 0 aromatic carbocycles. The van der Waals surface area contributed by atoms with Crippen LogP contribution in [0.4, 0.5) is 0 Å². The van der Waals surface area contributed by atoms with E-state index in [9.17, 15) is 0 Å². The highest BCUT2D eigenvalue weighted by Crippen LogP contribution is 2.06. The van der Waals surface area contributed by atoms with Gasteiger partial charge in [0.05, 0.1) is 0 Å². The molecule has 70 valence electrons. The van der Waals surface area contributed by atoms with Gasteiger partial charge in [0.15, 0.2) is 0 Å². The fourth-order valence-corrected chi connectivity index (χ4v) is 1.72. The molecule has 0 saturated carbocycles. The summed E-state index contributed by atoms with van der Waals surface area (Å²) >= 11 is 0. The first kappa shape index (κ1) is 11.6. The molecule has 0 heterocycles. The first-order chi connectivity index (χ1) is 5.68. The van der Waals surface area contributed by atoms with Crippen LogP contribution in [0.15, 0.2) is 23.9 Å². The first-order valence-corrected chi connectivity index (χ1v) is 6.47. The van der Waals surface area contributed by atoms with Crippen LogP contribution in [-0.2, 0) is 8.85 Å². The van der Waals surface area contributed by atoms with E-state index in [4.69, 9.17) is 8.85 Å². The maximum absolute atomic E-state index is 5.27. The Kier molecular flexibility index (Phi) is 5.97. The van der Waals surface area contributed by atoms with Gasteiger partial charge >= 0.3 is 8.56 Å². The zero-order valence-corrected chi connectivity index (χ0v) is 9.33. The molecule has 2 nitrogen and oxygen atoms in total. The summed E-state index contributed by atoms with van der Waals surface area (Å²) in [5.74, 6) is 0. The molecule has 0 unspecified atom stereocenters. The highest BCUT2D eigenvalue weighted by molar-refractivity contribution is 6.71. The van der Waals surface area contributed by atoms with Crippen LogP contribution in [0.1, 0.15) is 13.3 Å². The summed E-state index contributed by atoms with van der Waals surface area (Å²) in [5, 5.41) is 0. The molecule has 0 radical (unpaired) electrons. The van der Waals surface area contributed by atoms with E-state index in [1.165, 1.54) is 0 Å². The predicted molar refractivity (Wildman–Crippen MR) is 54.2 cm³/mol. The van der Waals surface area contributed by atoms with Crippen molar-refractivity contribution in [3.05, 3.63) is 23.9 Å². The van der Waals surface area contributed by atoms with Crippen molar-refractivity contribution in [1.82, 2.24) is 0 Å². The molecule has 0 fully saturated rings. The monoisotopic (exact) mass is 186 g/mol. The largest absolute Gasteiger partial charge is 0.395 e. The lowest BCUT2D eigenvalue weighted by Gasteiger charge is -2.17. The van der Waals surface area contributed by atoms with Gasteiger partial charge in [0, 0.05) is 14.2 Å². The van der Waals surface area contributed by atoms with Gasteiger partial charge in [0.25, 0.3) is 0 Å². The molecule has 0 saturated heterocycles. The fraction of sp³-hybridized carbons (Fsp3) is 0.556. The van der Waals surface area contributed by atoms with Crippen LogP contribution in [0.2, 0.25) is 6.55 Å². The van der Waals surface area contributed by atoms with E-state index >= 15 is 0 Å². The normalized spacial score (nSPS) is 13.3. The second-order valence-corrected chi connectivity index (χ2v) is 5.81. The first-order valence-electron chi connectivity index (χ1n) is 4.07. The van der Waals surface area contributed by atoms with Gasteiger partial charge in [-0.25, -0.2) is 0 Å². The molecule has 0 atom stereocenters. The van der Waals surface area contributed by atoms with Crippen LogP contribution in [0, 0.1) is 0 Å². The number of hydrogen-bond acceptors (Lipinski definition) is 2. The second kappa shape index (κ2) is 6.17. The molecule has 0 aliphatic heterocycles. The van der Waals surface area contributed by atoms with Gasteiger partial charge in [-0.1, -0.05) is 18.2 Å². The van der Waals surface area contributed by atoms with Crippen molar-refractivity contribution in [3.8, 4) is 0 Å². The Morgan fingerprint density at radius 2 is 1.75 bits per heavy atom. The molecular weight excluding hydrogens is 168 g/mol. The molecule has 0 aliphatic carbocycles. The Bertz CT molecular complexity index is 160. The minimum Gasteiger partial charge on any atom is -0.395 e. The molecule has 0 spiro atoms. The number of hydrogen-bond donors (Lipinski definition) is 0. The van der Waals surface area contributed by atoms with Crippen molar-refractivity contribution in [2.24, 2.45) is 0 Å². The SMILES string of the molecule is CC=CCC=C[Si](C)(OC)OC. The number of rotatable bonds is 5. The van der Waals surface area contributed by atoms with Gasteiger partial charge in [-0.3, -0.25) is 0 Å². The Morgan fingerprint density at radius 3 is 2.17 bits per heavy atom. The van der Waals surface area contributed by atoms with Crippen molar-refractivity contribution in [2.45, 2.75) is 19.9 Å². The summed E-state index contributed by atoms with van der Waals surface area (Å²) in [6.07, 6.45) is 7.16. The van der Waals surface area contributed by atoms with Gasteiger partial charge in [-0.05, 0) is 25.6 Å². The summed E-state index contributed by atoms with van der Waals surface area (Å²) in [6.45, 7) is 4.02. The Morgan fingerprint density at radius 1 is 1.17 bits per heavy atom. The summed E-state index contributed by atoms with van der Waals surface area (Å²) in [5.41, 5.74) is 2.05. The predicted octanol–water partition coefficient (Wildman–Crippen LogP) is 2.41. The van der Waals surface area contributed by atoms with E-state index in [1.807, 2.05) is 25.2 Å². The summed E-state index contributed by atoms with van der Waals surface area (Å²) < 4.78 is 10.5. The van der Waals surface area contributed by atoms with Gasteiger partial charge in [0.1, 0.15) is 0 Å². The molecule has 0 aliphatic rings. The smallest absolute Gasteiger partial charge is 0.361 e. The third-order valence-electron chi connectivity index (χ3n) is 1.74. The molecule has 12 heavy (non-hydrogen) atoms. The van der Waals surface area contributed by atoms with E-state index in [2.05, 4.69) is 12.2 Å². The lowest BCUT2D eigenvalue weighted by atomic mass is 10.4. The van der Waals surface area contributed by atoms with E-state index in [0.717, 1.165) is 6.42 Å². The summed E-state index contributed by atoms with van der Waals surface area (Å²) in [6, 6.07) is 0. The lowest BCUT2D eigenvalue weighted by molar-refractivity contribution is 0.264. The molecule has 0 N–H and O–H groups in total.